The summed E-state index contributed by atoms with van der Waals surface area (Å²) < 4.78 is 44.8. The number of halogens is 3. The molecule has 0 fully saturated rings. The van der Waals surface area contributed by atoms with Crippen LogP contribution >= 0.6 is 0 Å². The Bertz CT molecular complexity index is 509. The molecule has 0 amide bonds. The molecule has 22 heavy (non-hydrogen) atoms. The van der Waals surface area contributed by atoms with Gasteiger partial charge in [-0.2, -0.15) is 0 Å². The highest BCUT2D eigenvalue weighted by atomic mass is 19.4. The first-order chi connectivity index (χ1) is 10.3. The number of Topliss-reactive ketones (excluding diaryl/α,β-unsaturated/α-hetero) is 1. The van der Waals surface area contributed by atoms with E-state index in [2.05, 4.69) is 4.74 Å². The van der Waals surface area contributed by atoms with E-state index < -0.39 is 18.2 Å². The second-order valence-electron chi connectivity index (χ2n) is 4.52. The average molecular weight is 318 g/mol. The monoisotopic (exact) mass is 318 g/mol. The summed E-state index contributed by atoms with van der Waals surface area (Å²) in [5, 5.41) is 0. The molecular formula is C15H17F3O4. The molecule has 122 valence electrons. The smallest absolute Gasteiger partial charge is 0.465 e. The Morgan fingerprint density at radius 3 is 2.18 bits per heavy atom. The molecule has 1 aromatic carbocycles. The third kappa shape index (κ3) is 5.75. The third-order valence-corrected chi connectivity index (χ3v) is 2.90. The van der Waals surface area contributed by atoms with Crippen LogP contribution in [0, 0.1) is 5.92 Å². The van der Waals surface area contributed by atoms with Gasteiger partial charge in [0.05, 0.1) is 6.61 Å². The standard InChI is InChI=1S/C15H17F3O4/c1-3-13(19)12(14(20)21-4-2)9-10-5-7-11(8-6-10)22-15(16,17)18/h5-8,12H,3-4,9H2,1-2H3. The minimum Gasteiger partial charge on any atom is -0.465 e. The maximum Gasteiger partial charge on any atom is 0.573 e. The molecule has 0 spiro atoms. The maximum absolute atomic E-state index is 12.1. The lowest BCUT2D eigenvalue weighted by molar-refractivity contribution is -0.274. The fourth-order valence-electron chi connectivity index (χ4n) is 1.88. The summed E-state index contributed by atoms with van der Waals surface area (Å²) in [6.07, 6.45) is -4.50. The van der Waals surface area contributed by atoms with E-state index in [1.165, 1.54) is 12.1 Å². The molecular weight excluding hydrogens is 301 g/mol. The molecule has 0 aliphatic rings. The molecule has 1 rings (SSSR count). The molecule has 0 bridgehead atoms. The molecule has 1 aromatic rings. The molecule has 1 unspecified atom stereocenters. The van der Waals surface area contributed by atoms with Gasteiger partial charge in [0.1, 0.15) is 17.5 Å². The van der Waals surface area contributed by atoms with Crippen molar-refractivity contribution >= 4 is 11.8 Å². The zero-order chi connectivity index (χ0) is 16.8. The Morgan fingerprint density at radius 2 is 1.73 bits per heavy atom. The largest absolute Gasteiger partial charge is 0.573 e. The molecule has 4 nitrogen and oxygen atoms in total. The van der Waals surface area contributed by atoms with Crippen LogP contribution in [0.2, 0.25) is 0 Å². The van der Waals surface area contributed by atoms with Crippen molar-refractivity contribution in [2.45, 2.75) is 33.1 Å². The van der Waals surface area contributed by atoms with E-state index in [4.69, 9.17) is 4.74 Å². The SMILES string of the molecule is CCOC(=O)C(Cc1ccc(OC(F)(F)F)cc1)C(=O)CC. The lowest BCUT2D eigenvalue weighted by Crippen LogP contribution is -2.27. The van der Waals surface area contributed by atoms with Crippen molar-refractivity contribution in [3.63, 3.8) is 0 Å². The topological polar surface area (TPSA) is 52.6 Å². The van der Waals surface area contributed by atoms with Gasteiger partial charge in [0.2, 0.25) is 0 Å². The number of hydrogen-bond acceptors (Lipinski definition) is 4. The molecule has 1 atom stereocenters. The highest BCUT2D eigenvalue weighted by Gasteiger charge is 2.31. The quantitative estimate of drug-likeness (QED) is 0.572. The molecule has 7 heteroatoms. The lowest BCUT2D eigenvalue weighted by Gasteiger charge is -2.14. The first-order valence-electron chi connectivity index (χ1n) is 6.80. The average Bonchev–Trinajstić information content (AvgIpc) is 2.44. The summed E-state index contributed by atoms with van der Waals surface area (Å²) >= 11 is 0. The van der Waals surface area contributed by atoms with E-state index in [0.29, 0.717) is 5.56 Å². The number of hydrogen-bond donors (Lipinski definition) is 0. The van der Waals surface area contributed by atoms with Crippen LogP contribution in [0.4, 0.5) is 13.2 Å². The van der Waals surface area contributed by atoms with E-state index >= 15 is 0 Å². The molecule has 0 saturated heterocycles. The Kier molecular flexibility index (Phi) is 6.39. The Labute approximate surface area is 126 Å². The first-order valence-corrected chi connectivity index (χ1v) is 6.80. The lowest BCUT2D eigenvalue weighted by atomic mass is 9.94. The zero-order valence-corrected chi connectivity index (χ0v) is 12.3. The number of benzene rings is 1. The fourth-order valence-corrected chi connectivity index (χ4v) is 1.88. The number of carbonyl (C=O) groups excluding carboxylic acids is 2. The van der Waals surface area contributed by atoms with Gasteiger partial charge in [0.15, 0.2) is 0 Å². The number of esters is 1. The number of rotatable bonds is 7. The van der Waals surface area contributed by atoms with Crippen LogP contribution in [-0.2, 0) is 20.7 Å². The van der Waals surface area contributed by atoms with Crippen molar-refractivity contribution in [3.8, 4) is 5.75 Å². The van der Waals surface area contributed by atoms with Crippen LogP contribution in [0.3, 0.4) is 0 Å². The van der Waals surface area contributed by atoms with E-state index in [1.54, 1.807) is 13.8 Å². The molecule has 0 aromatic heterocycles. The number of ether oxygens (including phenoxy) is 2. The number of alkyl halides is 3. The van der Waals surface area contributed by atoms with Crippen LogP contribution in [-0.4, -0.2) is 24.7 Å². The zero-order valence-electron chi connectivity index (χ0n) is 12.3. The van der Waals surface area contributed by atoms with Crippen molar-refractivity contribution in [2.75, 3.05) is 6.61 Å². The predicted octanol–water partition coefficient (Wildman–Crippen LogP) is 3.29. The normalized spacial score (nSPS) is 12.6. The van der Waals surface area contributed by atoms with Gasteiger partial charge in [-0.1, -0.05) is 19.1 Å². The van der Waals surface area contributed by atoms with Gasteiger partial charge in [0.25, 0.3) is 0 Å². The third-order valence-electron chi connectivity index (χ3n) is 2.90. The maximum atomic E-state index is 12.1. The van der Waals surface area contributed by atoms with Crippen LogP contribution < -0.4 is 4.74 Å². The fraction of sp³-hybridized carbons (Fsp3) is 0.467. The second kappa shape index (κ2) is 7.82. The van der Waals surface area contributed by atoms with Gasteiger partial charge in [-0.3, -0.25) is 9.59 Å². The molecule has 0 heterocycles. The minimum atomic E-state index is -4.76. The summed E-state index contributed by atoms with van der Waals surface area (Å²) in [5.41, 5.74) is 0.550. The molecule has 0 radical (unpaired) electrons. The number of carbonyl (C=O) groups is 2. The summed E-state index contributed by atoms with van der Waals surface area (Å²) in [4.78, 5) is 23.6. The Morgan fingerprint density at radius 1 is 1.14 bits per heavy atom. The van der Waals surface area contributed by atoms with Crippen molar-refractivity contribution < 1.29 is 32.2 Å². The Balaban J connectivity index is 2.81. The predicted molar refractivity (Wildman–Crippen MR) is 72.3 cm³/mol. The van der Waals surface area contributed by atoms with Crippen LogP contribution in [0.5, 0.6) is 5.75 Å². The second-order valence-corrected chi connectivity index (χ2v) is 4.52. The van der Waals surface area contributed by atoms with Crippen LogP contribution in [0.1, 0.15) is 25.8 Å². The van der Waals surface area contributed by atoms with Crippen LogP contribution in [0.15, 0.2) is 24.3 Å². The molecule has 0 aliphatic carbocycles. The van der Waals surface area contributed by atoms with E-state index in [1.807, 2.05) is 0 Å². The first kappa shape index (κ1) is 18.0. The van der Waals surface area contributed by atoms with Gasteiger partial charge in [0, 0.05) is 6.42 Å². The summed E-state index contributed by atoms with van der Waals surface area (Å²) in [6.45, 7) is 3.42. The van der Waals surface area contributed by atoms with E-state index in [-0.39, 0.29) is 31.0 Å². The highest BCUT2D eigenvalue weighted by molar-refractivity contribution is 5.99. The number of ketones is 1. The van der Waals surface area contributed by atoms with Crippen molar-refractivity contribution in [1.29, 1.82) is 0 Å². The Hall–Kier alpha value is -2.05. The van der Waals surface area contributed by atoms with Crippen molar-refractivity contribution in [1.82, 2.24) is 0 Å². The van der Waals surface area contributed by atoms with Crippen molar-refractivity contribution in [2.24, 2.45) is 5.92 Å². The van der Waals surface area contributed by atoms with E-state index in [0.717, 1.165) is 12.1 Å². The van der Waals surface area contributed by atoms with Crippen molar-refractivity contribution in [3.05, 3.63) is 29.8 Å². The van der Waals surface area contributed by atoms with Gasteiger partial charge in [-0.15, -0.1) is 13.2 Å². The summed E-state index contributed by atoms with van der Waals surface area (Å²) in [7, 11) is 0. The minimum absolute atomic E-state index is 0.0812. The molecule has 0 N–H and O–H groups in total. The van der Waals surface area contributed by atoms with Crippen LogP contribution in [0.25, 0.3) is 0 Å². The van der Waals surface area contributed by atoms with Gasteiger partial charge in [-0.25, -0.2) is 0 Å². The van der Waals surface area contributed by atoms with Gasteiger partial charge < -0.3 is 9.47 Å². The van der Waals surface area contributed by atoms with E-state index in [9.17, 15) is 22.8 Å². The highest BCUT2D eigenvalue weighted by Crippen LogP contribution is 2.23. The summed E-state index contributed by atoms with van der Waals surface area (Å²) in [6, 6.07) is 5.05. The van der Waals surface area contributed by atoms with Gasteiger partial charge in [-0.05, 0) is 31.0 Å². The molecule has 0 saturated carbocycles. The molecule has 0 aliphatic heterocycles. The van der Waals surface area contributed by atoms with Gasteiger partial charge >= 0.3 is 12.3 Å². The summed E-state index contributed by atoms with van der Waals surface area (Å²) in [5.74, 6) is -2.19.